The van der Waals surface area contributed by atoms with Crippen LogP contribution in [0.25, 0.3) is 43.1 Å². The first-order valence-electron chi connectivity index (χ1n) is 15.3. The first-order valence-corrected chi connectivity index (χ1v) is 15.3. The van der Waals surface area contributed by atoms with Gasteiger partial charge in [0.15, 0.2) is 10.9 Å². The SMILES string of the molecule is C.C.CC.CC.CC.CC.O=c1c2ccccc2ccc2ccc(CO)cc12.O=c1c2ccccc2ccc2ccc(O)cc12. The Hall–Kier alpha value is -4.54. The Morgan fingerprint density at radius 1 is 0.444 bits per heavy atom. The number of phenols is 1. The second kappa shape index (κ2) is 22.9. The lowest BCUT2D eigenvalue weighted by Gasteiger charge is -1.96. The molecule has 0 unspecified atom stereocenters. The first-order chi connectivity index (χ1) is 21.0. The van der Waals surface area contributed by atoms with Gasteiger partial charge >= 0.3 is 0 Å². The van der Waals surface area contributed by atoms with Gasteiger partial charge in [-0.1, -0.05) is 161 Å². The molecule has 0 saturated carbocycles. The largest absolute Gasteiger partial charge is 0.508 e. The molecular formula is C41H54O4. The Morgan fingerprint density at radius 2 is 0.778 bits per heavy atom. The Kier molecular flexibility index (Phi) is 21.7. The van der Waals surface area contributed by atoms with E-state index in [-0.39, 0.29) is 38.1 Å². The molecule has 0 atom stereocenters. The fraction of sp³-hybridized carbons (Fsp3) is 0.268. The predicted molar refractivity (Wildman–Crippen MR) is 202 cm³/mol. The molecule has 0 amide bonds. The molecule has 0 radical (unpaired) electrons. The maximum atomic E-state index is 12.5. The summed E-state index contributed by atoms with van der Waals surface area (Å²) in [5.74, 6) is 0.116. The Bertz CT molecular complexity index is 1840. The van der Waals surface area contributed by atoms with Crippen LogP contribution in [0.1, 0.15) is 75.8 Å². The van der Waals surface area contributed by atoms with E-state index < -0.39 is 0 Å². The number of phenolic OH excluding ortho intramolecular Hbond substituents is 1. The molecule has 45 heavy (non-hydrogen) atoms. The maximum absolute atomic E-state index is 12.5. The smallest absolute Gasteiger partial charge is 0.194 e. The lowest BCUT2D eigenvalue weighted by Crippen LogP contribution is -1.99. The van der Waals surface area contributed by atoms with Gasteiger partial charge in [-0.2, -0.15) is 0 Å². The zero-order valence-corrected chi connectivity index (χ0v) is 26.8. The molecule has 0 heterocycles. The number of aromatic hydroxyl groups is 1. The fourth-order valence-electron chi connectivity index (χ4n) is 4.28. The summed E-state index contributed by atoms with van der Waals surface area (Å²) in [6, 6.07) is 33.1. The topological polar surface area (TPSA) is 74.6 Å². The fourth-order valence-corrected chi connectivity index (χ4v) is 4.28. The van der Waals surface area contributed by atoms with Crippen molar-refractivity contribution in [3.63, 3.8) is 0 Å². The van der Waals surface area contributed by atoms with Gasteiger partial charge in [-0.15, -0.1) is 0 Å². The summed E-state index contributed by atoms with van der Waals surface area (Å²) in [5, 5.41) is 24.8. The molecule has 0 saturated heterocycles. The van der Waals surface area contributed by atoms with Crippen molar-refractivity contribution >= 4 is 43.1 Å². The van der Waals surface area contributed by atoms with E-state index in [0.29, 0.717) is 21.5 Å². The molecule has 6 rings (SSSR count). The van der Waals surface area contributed by atoms with Gasteiger partial charge in [0.1, 0.15) is 5.75 Å². The third kappa shape index (κ3) is 10.8. The molecule has 242 valence electrons. The lowest BCUT2D eigenvalue weighted by atomic mass is 10.1. The van der Waals surface area contributed by atoms with Gasteiger partial charge < -0.3 is 10.2 Å². The Labute approximate surface area is 270 Å². The van der Waals surface area contributed by atoms with E-state index in [1.165, 1.54) is 6.07 Å². The molecule has 0 aromatic heterocycles. The highest BCUT2D eigenvalue weighted by Gasteiger charge is 2.04. The van der Waals surface area contributed by atoms with Crippen molar-refractivity contribution in [3.05, 3.63) is 135 Å². The van der Waals surface area contributed by atoms with Gasteiger partial charge in [-0.05, 0) is 45.3 Å². The molecule has 6 aromatic rings. The van der Waals surface area contributed by atoms with Gasteiger partial charge in [0.25, 0.3) is 0 Å². The van der Waals surface area contributed by atoms with Crippen LogP contribution in [0.15, 0.2) is 119 Å². The summed E-state index contributed by atoms with van der Waals surface area (Å²) < 4.78 is 0. The summed E-state index contributed by atoms with van der Waals surface area (Å²) in [6.07, 6.45) is 0. The minimum absolute atomic E-state index is 0. The Balaban J connectivity index is 0. The summed E-state index contributed by atoms with van der Waals surface area (Å²) >= 11 is 0. The van der Waals surface area contributed by atoms with E-state index in [1.54, 1.807) is 24.3 Å². The van der Waals surface area contributed by atoms with Crippen molar-refractivity contribution in [1.82, 2.24) is 0 Å². The van der Waals surface area contributed by atoms with Crippen LogP contribution in [0.4, 0.5) is 0 Å². The zero-order valence-electron chi connectivity index (χ0n) is 26.8. The standard InChI is InChI=1S/C16H12O2.C15H10O2.4C2H6.2CH4/c17-10-11-5-6-13-8-7-12-3-1-2-4-14(12)16(18)15(13)9-11;16-12-8-7-11-6-5-10-3-1-2-4-13(10)15(17)14(11)9-12;4*1-2;;/h1-9,17H,10H2;1-9,16H;4*1-2H3;2*1H4. The molecule has 0 aliphatic heterocycles. The second-order valence-electron chi connectivity index (χ2n) is 8.35. The molecule has 4 heteroatoms. The molecule has 4 nitrogen and oxygen atoms in total. The average molecular weight is 611 g/mol. The molecule has 0 bridgehead atoms. The number of aliphatic hydroxyl groups excluding tert-OH is 1. The third-order valence-electron chi connectivity index (χ3n) is 6.12. The minimum Gasteiger partial charge on any atom is -0.508 e. The summed E-state index contributed by atoms with van der Waals surface area (Å²) in [6.45, 7) is 16.0. The number of benzene rings is 4. The number of fused-ring (bicyclic) bond motifs is 4. The van der Waals surface area contributed by atoms with Crippen LogP contribution in [0, 0.1) is 0 Å². The number of hydrogen-bond donors (Lipinski definition) is 2. The van der Waals surface area contributed by atoms with Gasteiger partial charge in [-0.3, -0.25) is 9.59 Å². The number of hydrogen-bond acceptors (Lipinski definition) is 4. The molecular weight excluding hydrogens is 556 g/mol. The van der Waals surface area contributed by atoms with E-state index in [1.807, 2.05) is 134 Å². The average Bonchev–Trinajstić information content (AvgIpc) is 3.32. The highest BCUT2D eigenvalue weighted by atomic mass is 16.3. The molecule has 2 N–H and O–H groups in total. The maximum Gasteiger partial charge on any atom is 0.194 e. The number of aliphatic hydroxyl groups is 1. The van der Waals surface area contributed by atoms with Crippen LogP contribution in [-0.2, 0) is 6.61 Å². The Morgan fingerprint density at radius 3 is 1.20 bits per heavy atom. The highest BCUT2D eigenvalue weighted by molar-refractivity contribution is 5.94. The monoisotopic (exact) mass is 610 g/mol. The highest BCUT2D eigenvalue weighted by Crippen LogP contribution is 2.19. The third-order valence-corrected chi connectivity index (χ3v) is 6.12. The van der Waals surface area contributed by atoms with Crippen LogP contribution >= 0.6 is 0 Å². The predicted octanol–water partition coefficient (Wildman–Crippen LogP) is 11.3. The molecule has 0 spiro atoms. The van der Waals surface area contributed by atoms with Crippen LogP contribution in [0.5, 0.6) is 5.75 Å². The van der Waals surface area contributed by atoms with Crippen molar-refractivity contribution in [2.75, 3.05) is 0 Å². The van der Waals surface area contributed by atoms with Gasteiger partial charge in [0, 0.05) is 21.5 Å². The van der Waals surface area contributed by atoms with E-state index in [4.69, 9.17) is 5.11 Å². The van der Waals surface area contributed by atoms with Crippen LogP contribution in [-0.4, -0.2) is 10.2 Å². The van der Waals surface area contributed by atoms with Crippen LogP contribution < -0.4 is 10.9 Å². The summed E-state index contributed by atoms with van der Waals surface area (Å²) in [4.78, 5) is 24.8. The van der Waals surface area contributed by atoms with Gasteiger partial charge in [-0.25, -0.2) is 0 Å². The molecule has 0 fully saturated rings. The van der Waals surface area contributed by atoms with Crippen molar-refractivity contribution in [1.29, 1.82) is 0 Å². The number of rotatable bonds is 1. The van der Waals surface area contributed by atoms with E-state index in [9.17, 15) is 14.7 Å². The minimum atomic E-state index is -0.0497. The van der Waals surface area contributed by atoms with E-state index >= 15 is 0 Å². The molecule has 6 aromatic carbocycles. The second-order valence-corrected chi connectivity index (χ2v) is 8.35. The van der Waals surface area contributed by atoms with Crippen LogP contribution in [0.2, 0.25) is 0 Å². The molecule has 0 aliphatic carbocycles. The quantitative estimate of drug-likeness (QED) is 0.194. The van der Waals surface area contributed by atoms with E-state index in [2.05, 4.69) is 0 Å². The lowest BCUT2D eigenvalue weighted by molar-refractivity contribution is 0.282. The van der Waals surface area contributed by atoms with Gasteiger partial charge in [0.05, 0.1) is 6.61 Å². The van der Waals surface area contributed by atoms with Crippen molar-refractivity contribution < 1.29 is 10.2 Å². The van der Waals surface area contributed by atoms with Crippen molar-refractivity contribution in [2.45, 2.75) is 76.9 Å². The van der Waals surface area contributed by atoms with Crippen LogP contribution in [0.3, 0.4) is 0 Å². The van der Waals surface area contributed by atoms with Crippen molar-refractivity contribution in [2.24, 2.45) is 0 Å². The molecule has 0 aliphatic rings. The first kappa shape index (κ1) is 42.6. The summed E-state index contributed by atoms with van der Waals surface area (Å²) in [7, 11) is 0. The summed E-state index contributed by atoms with van der Waals surface area (Å²) in [5.41, 5.74) is 0.729. The van der Waals surface area contributed by atoms with E-state index in [0.717, 1.165) is 27.1 Å². The van der Waals surface area contributed by atoms with Gasteiger partial charge in [0.2, 0.25) is 0 Å². The normalized spacial score (nSPS) is 9.00. The van der Waals surface area contributed by atoms with Crippen molar-refractivity contribution in [3.8, 4) is 5.75 Å². The zero-order chi connectivity index (χ0) is 32.4.